The van der Waals surface area contributed by atoms with Crippen molar-refractivity contribution in [2.45, 2.75) is 6.42 Å². The summed E-state index contributed by atoms with van der Waals surface area (Å²) in [5.41, 5.74) is 0. The molecule has 2 fully saturated rings. The SMILES string of the molecule is [CH]1[CH]C2[CH][CH]C1C2.[Cl-].[Pd+2]. The van der Waals surface area contributed by atoms with Crippen LogP contribution in [-0.4, -0.2) is 0 Å². The summed E-state index contributed by atoms with van der Waals surface area (Å²) in [6.45, 7) is 0. The van der Waals surface area contributed by atoms with E-state index in [1.807, 2.05) is 0 Å². The molecule has 2 rings (SSSR count). The summed E-state index contributed by atoms with van der Waals surface area (Å²) in [5.74, 6) is 1.62. The monoisotopic (exact) mass is 233 g/mol. The first-order valence-corrected chi connectivity index (χ1v) is 2.82. The van der Waals surface area contributed by atoms with Crippen LogP contribution in [0.5, 0.6) is 0 Å². The fraction of sp³-hybridized carbons (Fsp3) is 0.429. The molecule has 0 spiro atoms. The quantitative estimate of drug-likeness (QED) is 0.445. The molecule has 0 aliphatic heterocycles. The third-order valence-corrected chi connectivity index (χ3v) is 1.76. The van der Waals surface area contributed by atoms with Gasteiger partial charge in [-0.25, -0.2) is 0 Å². The van der Waals surface area contributed by atoms with Gasteiger partial charge in [0.2, 0.25) is 0 Å². The van der Waals surface area contributed by atoms with Crippen LogP contribution in [0.1, 0.15) is 6.42 Å². The molecule has 0 saturated heterocycles. The largest absolute Gasteiger partial charge is 2.00 e. The van der Waals surface area contributed by atoms with Gasteiger partial charge in [-0.3, -0.25) is 0 Å². The van der Waals surface area contributed by atoms with Crippen molar-refractivity contribution in [1.29, 1.82) is 0 Å². The Morgan fingerprint density at radius 2 is 1.22 bits per heavy atom. The van der Waals surface area contributed by atoms with E-state index >= 15 is 0 Å². The van der Waals surface area contributed by atoms with Crippen LogP contribution in [0.15, 0.2) is 0 Å². The molecule has 2 heteroatoms. The zero-order valence-corrected chi connectivity index (χ0v) is 7.18. The van der Waals surface area contributed by atoms with Crippen LogP contribution in [0.4, 0.5) is 0 Å². The first kappa shape index (κ1) is 9.95. The Balaban J connectivity index is 0.000000320. The molecule has 2 aliphatic rings. The molecule has 0 aromatic heterocycles. The minimum Gasteiger partial charge on any atom is -1.00 e. The van der Waals surface area contributed by atoms with Crippen LogP contribution in [0.25, 0.3) is 0 Å². The minimum absolute atomic E-state index is 0. The molecular formula is C7H8ClPd+. The van der Waals surface area contributed by atoms with Crippen molar-refractivity contribution in [2.24, 2.45) is 11.8 Å². The van der Waals surface area contributed by atoms with E-state index in [2.05, 4.69) is 25.7 Å². The molecule has 9 heavy (non-hydrogen) atoms. The summed E-state index contributed by atoms with van der Waals surface area (Å²) in [6.07, 6.45) is 10.5. The van der Waals surface area contributed by atoms with Crippen molar-refractivity contribution in [3.63, 3.8) is 0 Å². The van der Waals surface area contributed by atoms with E-state index in [4.69, 9.17) is 0 Å². The molecule has 0 aromatic rings. The Hall–Kier alpha value is 0.952. The minimum atomic E-state index is 0. The van der Waals surface area contributed by atoms with E-state index in [1.54, 1.807) is 0 Å². The molecule has 0 nitrogen and oxygen atoms in total. The molecule has 0 amide bonds. The van der Waals surface area contributed by atoms with Gasteiger partial charge in [0, 0.05) is 0 Å². The van der Waals surface area contributed by atoms with Crippen molar-refractivity contribution in [2.75, 3.05) is 0 Å². The number of hydrogen-bond acceptors (Lipinski definition) is 0. The van der Waals surface area contributed by atoms with Gasteiger partial charge in [-0.05, 0) is 43.9 Å². The standard InChI is InChI=1S/C7H8.ClH.Pd/c1-2-7-4-3-6(1)5-7;;/h1-4,6-7H,5H2;1H;/q;;+2/p-1. The predicted molar refractivity (Wildman–Crippen MR) is 28.8 cm³/mol. The van der Waals surface area contributed by atoms with Gasteiger partial charge in [-0.1, -0.05) is 0 Å². The molecule has 0 heterocycles. The van der Waals surface area contributed by atoms with E-state index in [-0.39, 0.29) is 32.8 Å². The number of fused-ring (bicyclic) bond motifs is 2. The maximum absolute atomic E-state index is 2.30. The van der Waals surface area contributed by atoms with Crippen LogP contribution < -0.4 is 12.4 Å². The van der Waals surface area contributed by atoms with Crippen molar-refractivity contribution < 1.29 is 32.8 Å². The van der Waals surface area contributed by atoms with Gasteiger partial charge in [-0.15, -0.1) is 0 Å². The summed E-state index contributed by atoms with van der Waals surface area (Å²) >= 11 is 0. The van der Waals surface area contributed by atoms with E-state index < -0.39 is 0 Å². The molecule has 0 unspecified atom stereocenters. The fourth-order valence-electron chi connectivity index (χ4n) is 1.33. The van der Waals surface area contributed by atoms with Gasteiger partial charge in [0.15, 0.2) is 0 Å². The van der Waals surface area contributed by atoms with Gasteiger partial charge in [-0.2, -0.15) is 0 Å². The van der Waals surface area contributed by atoms with Gasteiger partial charge >= 0.3 is 20.4 Å². The second kappa shape index (κ2) is 3.96. The Bertz CT molecular complexity index is 67.0. The summed E-state index contributed by atoms with van der Waals surface area (Å²) in [7, 11) is 0. The van der Waals surface area contributed by atoms with Crippen LogP contribution in [0, 0.1) is 37.5 Å². The summed E-state index contributed by atoms with van der Waals surface area (Å²) in [6, 6.07) is 0. The summed E-state index contributed by atoms with van der Waals surface area (Å²) in [5, 5.41) is 0. The Kier molecular flexibility index (Phi) is 4.38. The Morgan fingerprint density at radius 1 is 0.889 bits per heavy atom. The normalized spacial score (nSPS) is 37.3. The zero-order chi connectivity index (χ0) is 4.69. The number of hydrogen-bond donors (Lipinski definition) is 0. The average Bonchev–Trinajstić information content (AvgIpc) is 2.22. The second-order valence-electron chi connectivity index (χ2n) is 2.33. The third kappa shape index (κ3) is 1.94. The van der Waals surface area contributed by atoms with Crippen molar-refractivity contribution in [3.8, 4) is 0 Å². The van der Waals surface area contributed by atoms with Gasteiger partial charge in [0.25, 0.3) is 0 Å². The number of rotatable bonds is 0. The van der Waals surface area contributed by atoms with Crippen LogP contribution in [-0.2, 0) is 20.4 Å². The van der Waals surface area contributed by atoms with Crippen LogP contribution in [0.3, 0.4) is 0 Å². The Labute approximate surface area is 76.8 Å². The topological polar surface area (TPSA) is 0 Å². The molecule has 0 N–H and O–H groups in total. The number of halogens is 1. The van der Waals surface area contributed by atoms with Crippen LogP contribution in [0.2, 0.25) is 0 Å². The molecule has 52 valence electrons. The van der Waals surface area contributed by atoms with Crippen molar-refractivity contribution >= 4 is 0 Å². The first-order chi connectivity index (χ1) is 3.45. The molecule has 2 saturated carbocycles. The van der Waals surface area contributed by atoms with E-state index in [9.17, 15) is 0 Å². The molecule has 4 radical (unpaired) electrons. The first-order valence-electron chi connectivity index (χ1n) is 2.82. The zero-order valence-electron chi connectivity index (χ0n) is 4.87. The smallest absolute Gasteiger partial charge is 1.00 e. The summed E-state index contributed by atoms with van der Waals surface area (Å²) in [4.78, 5) is 0. The van der Waals surface area contributed by atoms with E-state index in [1.165, 1.54) is 6.42 Å². The molecule has 2 aliphatic carbocycles. The fourth-order valence-corrected chi connectivity index (χ4v) is 1.33. The summed E-state index contributed by atoms with van der Waals surface area (Å²) < 4.78 is 0. The maximum Gasteiger partial charge on any atom is 2.00 e. The molecule has 2 bridgehead atoms. The van der Waals surface area contributed by atoms with Crippen molar-refractivity contribution in [3.05, 3.63) is 25.7 Å². The van der Waals surface area contributed by atoms with Gasteiger partial charge in [0.05, 0.1) is 0 Å². The Morgan fingerprint density at radius 3 is 1.33 bits per heavy atom. The molecule has 0 aromatic carbocycles. The molecule has 0 atom stereocenters. The van der Waals surface area contributed by atoms with E-state index in [0.29, 0.717) is 0 Å². The third-order valence-electron chi connectivity index (χ3n) is 1.76. The van der Waals surface area contributed by atoms with Gasteiger partial charge < -0.3 is 12.4 Å². The van der Waals surface area contributed by atoms with Gasteiger partial charge in [0.1, 0.15) is 0 Å². The van der Waals surface area contributed by atoms with E-state index in [0.717, 1.165) is 11.8 Å². The van der Waals surface area contributed by atoms with Crippen LogP contribution >= 0.6 is 0 Å². The second-order valence-corrected chi connectivity index (χ2v) is 2.33. The molecular weight excluding hydrogens is 226 g/mol. The predicted octanol–water partition coefficient (Wildman–Crippen LogP) is -1.55. The maximum atomic E-state index is 2.30. The van der Waals surface area contributed by atoms with Crippen molar-refractivity contribution in [1.82, 2.24) is 0 Å². The average molecular weight is 234 g/mol.